The minimum Gasteiger partial charge on any atom is -0.497 e. The molecule has 0 aliphatic carbocycles. The van der Waals surface area contributed by atoms with Crippen LogP contribution in [-0.4, -0.2) is 30.8 Å². The number of anilines is 1. The maximum absolute atomic E-state index is 12.7. The molecule has 1 heterocycles. The maximum atomic E-state index is 12.7. The SMILES string of the molecule is COc1ccc(N=NC2C(=O)N(c3ccccc3)N=C2NC(C)=O)cc1. The molecule has 0 saturated heterocycles. The van der Waals surface area contributed by atoms with Crippen molar-refractivity contribution in [2.24, 2.45) is 15.3 Å². The zero-order valence-electron chi connectivity index (χ0n) is 14.3. The standard InChI is InChI=1S/C18H17N5O3/c1-12(24)19-17-16(21-20-13-8-10-15(26-2)11-9-13)18(25)23(22-17)14-6-4-3-5-7-14/h3-11,16H,1-2H3,(H,19,22,24). The van der Waals surface area contributed by atoms with Crippen LogP contribution in [0.4, 0.5) is 11.4 Å². The summed E-state index contributed by atoms with van der Waals surface area (Å²) in [5.74, 6) is 0.105. The van der Waals surface area contributed by atoms with E-state index in [9.17, 15) is 9.59 Å². The van der Waals surface area contributed by atoms with Gasteiger partial charge in [-0.05, 0) is 36.4 Å². The average molecular weight is 351 g/mol. The van der Waals surface area contributed by atoms with E-state index in [0.717, 1.165) is 0 Å². The molecule has 8 heteroatoms. The number of hydrogen-bond donors (Lipinski definition) is 1. The van der Waals surface area contributed by atoms with Crippen LogP contribution in [0.15, 0.2) is 69.9 Å². The highest BCUT2D eigenvalue weighted by Gasteiger charge is 2.37. The zero-order valence-corrected chi connectivity index (χ0v) is 14.3. The van der Waals surface area contributed by atoms with Crippen LogP contribution in [0.5, 0.6) is 5.75 Å². The summed E-state index contributed by atoms with van der Waals surface area (Å²) in [5, 5.41) is 16.1. The number of hydrazone groups is 1. The number of hydrogen-bond acceptors (Lipinski definition) is 6. The molecular formula is C18H17N5O3. The Balaban J connectivity index is 1.86. The van der Waals surface area contributed by atoms with Gasteiger partial charge >= 0.3 is 0 Å². The number of nitrogens with zero attached hydrogens (tertiary/aromatic N) is 4. The molecule has 1 aliphatic rings. The highest BCUT2D eigenvalue weighted by Crippen LogP contribution is 2.23. The lowest BCUT2D eigenvalue weighted by atomic mass is 10.2. The molecule has 2 amide bonds. The van der Waals surface area contributed by atoms with Crippen LogP contribution in [0.2, 0.25) is 0 Å². The van der Waals surface area contributed by atoms with Gasteiger partial charge in [0.1, 0.15) is 5.75 Å². The zero-order chi connectivity index (χ0) is 18.5. The van der Waals surface area contributed by atoms with Gasteiger partial charge in [-0.2, -0.15) is 15.2 Å². The molecule has 2 aromatic carbocycles. The highest BCUT2D eigenvalue weighted by molar-refractivity contribution is 6.21. The number of carbonyl (C=O) groups is 2. The van der Waals surface area contributed by atoms with Gasteiger partial charge in [-0.25, -0.2) is 0 Å². The van der Waals surface area contributed by atoms with E-state index in [1.54, 1.807) is 55.6 Å². The number of ether oxygens (including phenoxy) is 1. The lowest BCUT2D eigenvalue weighted by molar-refractivity contribution is -0.117. The summed E-state index contributed by atoms with van der Waals surface area (Å²) in [6.07, 6.45) is 0. The fourth-order valence-electron chi connectivity index (χ4n) is 2.35. The third-order valence-corrected chi connectivity index (χ3v) is 3.58. The van der Waals surface area contributed by atoms with Crippen molar-refractivity contribution in [3.05, 3.63) is 54.6 Å². The Labute approximate surface area is 150 Å². The number of rotatable bonds is 4. The second kappa shape index (κ2) is 7.56. The summed E-state index contributed by atoms with van der Waals surface area (Å²) in [5.41, 5.74) is 1.14. The molecule has 3 rings (SSSR count). The summed E-state index contributed by atoms with van der Waals surface area (Å²) in [6.45, 7) is 1.34. The molecule has 2 aromatic rings. The van der Waals surface area contributed by atoms with Gasteiger partial charge < -0.3 is 10.1 Å². The largest absolute Gasteiger partial charge is 0.497 e. The minimum atomic E-state index is -1.01. The van der Waals surface area contributed by atoms with E-state index in [1.807, 2.05) is 6.07 Å². The molecule has 132 valence electrons. The van der Waals surface area contributed by atoms with Crippen molar-refractivity contribution < 1.29 is 14.3 Å². The fourth-order valence-corrected chi connectivity index (χ4v) is 2.35. The predicted molar refractivity (Wildman–Crippen MR) is 96.5 cm³/mol. The fraction of sp³-hybridized carbons (Fsp3) is 0.167. The molecular weight excluding hydrogens is 334 g/mol. The Bertz CT molecular complexity index is 862. The normalized spacial score (nSPS) is 16.7. The van der Waals surface area contributed by atoms with Crippen LogP contribution in [0.25, 0.3) is 0 Å². The van der Waals surface area contributed by atoms with Gasteiger partial charge in [0.05, 0.1) is 18.5 Å². The van der Waals surface area contributed by atoms with Gasteiger partial charge in [-0.3, -0.25) is 9.59 Å². The van der Waals surface area contributed by atoms with Crippen molar-refractivity contribution in [2.45, 2.75) is 13.0 Å². The van der Waals surface area contributed by atoms with E-state index in [4.69, 9.17) is 4.74 Å². The first kappa shape index (κ1) is 17.3. The van der Waals surface area contributed by atoms with Gasteiger partial charge in [0.2, 0.25) is 11.9 Å². The number of amides is 2. The van der Waals surface area contributed by atoms with E-state index in [2.05, 4.69) is 20.6 Å². The third-order valence-electron chi connectivity index (χ3n) is 3.58. The summed E-state index contributed by atoms with van der Waals surface area (Å²) in [7, 11) is 1.57. The Kier molecular flexibility index (Phi) is 5.02. The molecule has 1 aliphatic heterocycles. The van der Waals surface area contributed by atoms with Crippen LogP contribution < -0.4 is 15.1 Å². The van der Waals surface area contributed by atoms with Crippen LogP contribution in [-0.2, 0) is 9.59 Å². The first-order valence-electron chi connectivity index (χ1n) is 7.88. The van der Waals surface area contributed by atoms with Crippen molar-refractivity contribution >= 4 is 29.0 Å². The second-order valence-corrected chi connectivity index (χ2v) is 5.47. The maximum Gasteiger partial charge on any atom is 0.282 e. The molecule has 0 fully saturated rings. The van der Waals surface area contributed by atoms with Gasteiger partial charge in [-0.15, -0.1) is 5.10 Å². The van der Waals surface area contributed by atoms with Crippen LogP contribution in [0.3, 0.4) is 0 Å². The summed E-state index contributed by atoms with van der Waals surface area (Å²) >= 11 is 0. The molecule has 1 unspecified atom stereocenters. The van der Waals surface area contributed by atoms with E-state index < -0.39 is 11.9 Å². The monoisotopic (exact) mass is 351 g/mol. The van der Waals surface area contributed by atoms with Crippen molar-refractivity contribution in [1.29, 1.82) is 0 Å². The number of benzene rings is 2. The first-order valence-corrected chi connectivity index (χ1v) is 7.88. The average Bonchev–Trinajstić information content (AvgIpc) is 2.96. The number of methoxy groups -OCH3 is 1. The molecule has 0 spiro atoms. The molecule has 0 saturated carbocycles. The molecule has 1 atom stereocenters. The molecule has 26 heavy (non-hydrogen) atoms. The topological polar surface area (TPSA) is 95.7 Å². The lowest BCUT2D eigenvalue weighted by Crippen LogP contribution is -2.38. The number of azo groups is 1. The molecule has 0 bridgehead atoms. The number of amidine groups is 1. The number of carbonyl (C=O) groups excluding carboxylic acids is 2. The van der Waals surface area contributed by atoms with E-state index in [0.29, 0.717) is 17.1 Å². The summed E-state index contributed by atoms with van der Waals surface area (Å²) in [6, 6.07) is 14.8. The minimum absolute atomic E-state index is 0.142. The third kappa shape index (κ3) is 3.75. The van der Waals surface area contributed by atoms with Gasteiger partial charge in [0.25, 0.3) is 5.91 Å². The quantitative estimate of drug-likeness (QED) is 0.858. The number of para-hydroxylation sites is 1. The Morgan fingerprint density at radius 3 is 2.46 bits per heavy atom. The van der Waals surface area contributed by atoms with E-state index in [-0.39, 0.29) is 11.7 Å². The van der Waals surface area contributed by atoms with Crippen molar-refractivity contribution in [1.82, 2.24) is 5.32 Å². The van der Waals surface area contributed by atoms with Gasteiger partial charge in [-0.1, -0.05) is 18.2 Å². The predicted octanol–water partition coefficient (Wildman–Crippen LogP) is 2.64. The van der Waals surface area contributed by atoms with Crippen molar-refractivity contribution in [2.75, 3.05) is 12.1 Å². The smallest absolute Gasteiger partial charge is 0.282 e. The second-order valence-electron chi connectivity index (χ2n) is 5.47. The Hall–Kier alpha value is -3.55. The molecule has 0 aromatic heterocycles. The van der Waals surface area contributed by atoms with Crippen LogP contribution in [0, 0.1) is 0 Å². The van der Waals surface area contributed by atoms with E-state index >= 15 is 0 Å². The molecule has 1 N–H and O–H groups in total. The number of nitrogens with one attached hydrogen (secondary N) is 1. The summed E-state index contributed by atoms with van der Waals surface area (Å²) < 4.78 is 5.09. The molecule has 0 radical (unpaired) electrons. The highest BCUT2D eigenvalue weighted by atomic mass is 16.5. The van der Waals surface area contributed by atoms with Gasteiger partial charge in [0, 0.05) is 6.92 Å². The summed E-state index contributed by atoms with van der Waals surface area (Å²) in [4.78, 5) is 24.1. The molecule has 8 nitrogen and oxygen atoms in total. The van der Waals surface area contributed by atoms with Gasteiger partial charge in [0.15, 0.2) is 5.84 Å². The van der Waals surface area contributed by atoms with Crippen LogP contribution >= 0.6 is 0 Å². The van der Waals surface area contributed by atoms with E-state index in [1.165, 1.54) is 11.9 Å². The van der Waals surface area contributed by atoms with Crippen LogP contribution in [0.1, 0.15) is 6.92 Å². The Morgan fingerprint density at radius 2 is 1.85 bits per heavy atom. The van der Waals surface area contributed by atoms with Crippen molar-refractivity contribution in [3.8, 4) is 5.75 Å². The first-order chi connectivity index (χ1) is 12.6. The Morgan fingerprint density at radius 1 is 1.15 bits per heavy atom. The van der Waals surface area contributed by atoms with Crippen molar-refractivity contribution in [3.63, 3.8) is 0 Å². The lowest BCUT2D eigenvalue weighted by Gasteiger charge is -2.11.